The highest BCUT2D eigenvalue weighted by molar-refractivity contribution is 7.09. The molecule has 158 valence electrons. The molecule has 8 heteroatoms. The molecule has 2 amide bonds. The second-order valence-electron chi connectivity index (χ2n) is 9.09. The maximum atomic E-state index is 12.4. The predicted octanol–water partition coefficient (Wildman–Crippen LogP) is 2.70. The average Bonchev–Trinajstić information content (AvgIpc) is 3.25. The summed E-state index contributed by atoms with van der Waals surface area (Å²) in [6.45, 7) is 11.6. The van der Waals surface area contributed by atoms with Gasteiger partial charge in [-0.05, 0) is 32.6 Å². The highest BCUT2D eigenvalue weighted by Crippen LogP contribution is 2.26. The third kappa shape index (κ3) is 5.44. The lowest BCUT2D eigenvalue weighted by Crippen LogP contribution is -2.35. The molecule has 0 saturated carbocycles. The number of carbonyl (C=O) groups is 2. The number of thiazole rings is 1. The van der Waals surface area contributed by atoms with Crippen molar-refractivity contribution in [1.29, 1.82) is 0 Å². The van der Waals surface area contributed by atoms with Crippen molar-refractivity contribution in [2.45, 2.75) is 71.9 Å². The third-order valence-corrected chi connectivity index (χ3v) is 6.28. The van der Waals surface area contributed by atoms with E-state index in [2.05, 4.69) is 41.5 Å². The first-order chi connectivity index (χ1) is 13.6. The van der Waals surface area contributed by atoms with Gasteiger partial charge in [0.05, 0.1) is 34.6 Å². The molecule has 0 spiro atoms. The lowest BCUT2D eigenvalue weighted by molar-refractivity contribution is -0.120. The summed E-state index contributed by atoms with van der Waals surface area (Å²) < 4.78 is 1.91. The number of amides is 2. The number of aromatic nitrogens is 3. The van der Waals surface area contributed by atoms with Crippen LogP contribution >= 0.6 is 11.3 Å². The van der Waals surface area contributed by atoms with Crippen LogP contribution in [0.25, 0.3) is 0 Å². The van der Waals surface area contributed by atoms with Crippen molar-refractivity contribution in [3.8, 4) is 0 Å². The Morgan fingerprint density at radius 3 is 2.76 bits per heavy atom. The number of nitrogens with one attached hydrogen (secondary N) is 2. The van der Waals surface area contributed by atoms with Gasteiger partial charge in [0.2, 0.25) is 5.91 Å². The first-order valence-electron chi connectivity index (χ1n) is 10.2. The van der Waals surface area contributed by atoms with Crippen LogP contribution in [0.4, 0.5) is 0 Å². The Morgan fingerprint density at radius 2 is 2.10 bits per heavy atom. The van der Waals surface area contributed by atoms with Gasteiger partial charge >= 0.3 is 0 Å². The lowest BCUT2D eigenvalue weighted by atomic mass is 9.94. The molecule has 2 aromatic rings. The van der Waals surface area contributed by atoms with Gasteiger partial charge in [-0.15, -0.1) is 11.3 Å². The lowest BCUT2D eigenvalue weighted by Gasteiger charge is -2.24. The molecule has 3 heterocycles. The van der Waals surface area contributed by atoms with Gasteiger partial charge in [-0.3, -0.25) is 14.3 Å². The maximum absolute atomic E-state index is 12.4. The smallest absolute Gasteiger partial charge is 0.254 e. The van der Waals surface area contributed by atoms with Crippen LogP contribution < -0.4 is 10.6 Å². The van der Waals surface area contributed by atoms with Gasteiger partial charge in [0.1, 0.15) is 0 Å². The van der Waals surface area contributed by atoms with Gasteiger partial charge in [0.25, 0.3) is 5.91 Å². The van der Waals surface area contributed by atoms with E-state index in [1.165, 1.54) is 0 Å². The Bertz CT molecular complexity index is 878. The maximum Gasteiger partial charge on any atom is 0.254 e. The molecule has 29 heavy (non-hydrogen) atoms. The van der Waals surface area contributed by atoms with Gasteiger partial charge in [-0.1, -0.05) is 20.8 Å². The van der Waals surface area contributed by atoms with Gasteiger partial charge in [0.15, 0.2) is 0 Å². The zero-order valence-electron chi connectivity index (χ0n) is 17.9. The van der Waals surface area contributed by atoms with Crippen molar-refractivity contribution < 1.29 is 9.59 Å². The van der Waals surface area contributed by atoms with E-state index in [0.29, 0.717) is 24.4 Å². The number of hydrogen-bond acceptors (Lipinski definition) is 5. The number of rotatable bonds is 6. The minimum atomic E-state index is -0.0795. The van der Waals surface area contributed by atoms with Crippen molar-refractivity contribution in [3.05, 3.63) is 33.5 Å². The van der Waals surface area contributed by atoms with Crippen LogP contribution in [0, 0.1) is 5.92 Å². The average molecular weight is 418 g/mol. The Balaban J connectivity index is 1.54. The van der Waals surface area contributed by atoms with Crippen LogP contribution in [0.5, 0.6) is 0 Å². The molecule has 1 aliphatic heterocycles. The minimum absolute atomic E-state index is 0.00398. The molecular weight excluding hydrogens is 386 g/mol. The van der Waals surface area contributed by atoms with Crippen LogP contribution in [0.2, 0.25) is 0 Å². The first kappa shape index (κ1) is 21.5. The SMILES string of the molecule is CC(C)NC(=O)c1cnn2c1C[C@@H](CNC(=O)Cc1csc(C(C)(C)C)n1)CC2. The van der Waals surface area contributed by atoms with Crippen LogP contribution in [0.1, 0.15) is 67.8 Å². The quantitative estimate of drug-likeness (QED) is 0.756. The molecule has 0 unspecified atom stereocenters. The number of nitrogens with zero attached hydrogens (tertiary/aromatic N) is 3. The molecule has 0 aromatic carbocycles. The molecule has 3 rings (SSSR count). The summed E-state index contributed by atoms with van der Waals surface area (Å²) in [4.78, 5) is 29.4. The fourth-order valence-electron chi connectivity index (χ4n) is 3.42. The number of fused-ring (bicyclic) bond motifs is 1. The fourth-order valence-corrected chi connectivity index (χ4v) is 4.33. The second kappa shape index (κ2) is 8.65. The van der Waals surface area contributed by atoms with Crippen molar-refractivity contribution in [2.24, 2.45) is 5.92 Å². The summed E-state index contributed by atoms with van der Waals surface area (Å²) in [5.74, 6) is 0.214. The van der Waals surface area contributed by atoms with Crippen molar-refractivity contribution >= 4 is 23.2 Å². The summed E-state index contributed by atoms with van der Waals surface area (Å²) in [5, 5.41) is 13.4. The number of carbonyl (C=O) groups excluding carboxylic acids is 2. The minimum Gasteiger partial charge on any atom is -0.355 e. The molecule has 1 aliphatic rings. The summed E-state index contributed by atoms with van der Waals surface area (Å²) in [7, 11) is 0. The topological polar surface area (TPSA) is 88.9 Å². The van der Waals surface area contributed by atoms with Crippen molar-refractivity contribution in [1.82, 2.24) is 25.4 Å². The molecule has 1 atom stereocenters. The second-order valence-corrected chi connectivity index (χ2v) is 9.95. The molecule has 7 nitrogen and oxygen atoms in total. The van der Waals surface area contributed by atoms with E-state index >= 15 is 0 Å². The standard InChI is InChI=1S/C21H31N5O2S/c1-13(2)24-19(28)16-11-23-26-7-6-14(8-17(16)26)10-22-18(27)9-15-12-29-20(25-15)21(3,4)5/h11-14H,6-10H2,1-5H3,(H,22,27)(H,24,28)/t14-/m0/s1. The monoisotopic (exact) mass is 417 g/mol. The Hall–Kier alpha value is -2.22. The summed E-state index contributed by atoms with van der Waals surface area (Å²) in [5.41, 5.74) is 2.44. The van der Waals surface area contributed by atoms with Crippen LogP contribution in [0.15, 0.2) is 11.6 Å². The van der Waals surface area contributed by atoms with E-state index < -0.39 is 0 Å². The molecule has 0 aliphatic carbocycles. The zero-order chi connectivity index (χ0) is 21.2. The van der Waals surface area contributed by atoms with Gasteiger partial charge in [0, 0.05) is 29.9 Å². The van der Waals surface area contributed by atoms with Gasteiger partial charge in [-0.25, -0.2) is 4.98 Å². The zero-order valence-corrected chi connectivity index (χ0v) is 18.7. The highest BCUT2D eigenvalue weighted by Gasteiger charge is 2.26. The summed E-state index contributed by atoms with van der Waals surface area (Å²) in [6, 6.07) is 0.0845. The van der Waals surface area contributed by atoms with Gasteiger partial charge in [-0.2, -0.15) is 5.10 Å². The van der Waals surface area contributed by atoms with E-state index in [0.717, 1.165) is 35.8 Å². The molecule has 0 fully saturated rings. The number of aryl methyl sites for hydroxylation is 1. The molecular formula is C21H31N5O2S. The van der Waals surface area contributed by atoms with Gasteiger partial charge < -0.3 is 10.6 Å². The Labute approximate surface area is 176 Å². The Morgan fingerprint density at radius 1 is 1.34 bits per heavy atom. The predicted molar refractivity (Wildman–Crippen MR) is 114 cm³/mol. The number of hydrogen-bond donors (Lipinski definition) is 2. The molecule has 2 N–H and O–H groups in total. The molecule has 2 aromatic heterocycles. The summed E-state index contributed by atoms with van der Waals surface area (Å²) in [6.07, 6.45) is 3.64. The van der Waals surface area contributed by atoms with E-state index in [4.69, 9.17) is 0 Å². The van der Waals surface area contributed by atoms with Crippen LogP contribution in [0.3, 0.4) is 0 Å². The largest absolute Gasteiger partial charge is 0.355 e. The fraction of sp³-hybridized carbons (Fsp3) is 0.619. The van der Waals surface area contributed by atoms with E-state index in [9.17, 15) is 9.59 Å². The first-order valence-corrected chi connectivity index (χ1v) is 11.1. The van der Waals surface area contributed by atoms with E-state index in [1.54, 1.807) is 17.5 Å². The van der Waals surface area contributed by atoms with Crippen LogP contribution in [-0.2, 0) is 29.6 Å². The molecule has 0 bridgehead atoms. The Kier molecular flexibility index (Phi) is 6.41. The van der Waals surface area contributed by atoms with Crippen LogP contribution in [-0.4, -0.2) is 39.2 Å². The normalized spacial score (nSPS) is 16.6. The third-order valence-electron chi connectivity index (χ3n) is 4.97. The van der Waals surface area contributed by atoms with E-state index in [1.807, 2.05) is 23.9 Å². The van der Waals surface area contributed by atoms with Crippen molar-refractivity contribution in [3.63, 3.8) is 0 Å². The van der Waals surface area contributed by atoms with Crippen molar-refractivity contribution in [2.75, 3.05) is 6.54 Å². The molecule has 0 saturated heterocycles. The summed E-state index contributed by atoms with van der Waals surface area (Å²) >= 11 is 1.61. The molecule has 0 radical (unpaired) electrons. The van der Waals surface area contributed by atoms with E-state index in [-0.39, 0.29) is 23.3 Å². The highest BCUT2D eigenvalue weighted by atomic mass is 32.1.